The number of nitrogens with one attached hydrogen (secondary N) is 1. The summed E-state index contributed by atoms with van der Waals surface area (Å²) in [5, 5.41) is 3.62. The van der Waals surface area contributed by atoms with Crippen molar-refractivity contribution in [1.29, 1.82) is 0 Å². The topological polar surface area (TPSA) is 21.3 Å². The van der Waals surface area contributed by atoms with Gasteiger partial charge in [-0.05, 0) is 44.0 Å². The molecule has 1 heterocycles. The zero-order valence-electron chi connectivity index (χ0n) is 9.01. The van der Waals surface area contributed by atoms with Crippen molar-refractivity contribution < 1.29 is 9.13 Å². The number of rotatable bonds is 3. The number of hydrogen-bond donors (Lipinski definition) is 1. The van der Waals surface area contributed by atoms with Crippen LogP contribution in [0.15, 0.2) is 18.2 Å². The van der Waals surface area contributed by atoms with Crippen LogP contribution in [0.2, 0.25) is 5.02 Å². The summed E-state index contributed by atoms with van der Waals surface area (Å²) >= 11 is 5.87. The molecule has 0 saturated carbocycles. The Morgan fingerprint density at radius 1 is 1.38 bits per heavy atom. The molecule has 0 bridgehead atoms. The molecular formula is C12H15ClFNO. The Balaban J connectivity index is 1.93. The van der Waals surface area contributed by atoms with E-state index >= 15 is 0 Å². The van der Waals surface area contributed by atoms with E-state index in [-0.39, 0.29) is 11.6 Å². The van der Waals surface area contributed by atoms with E-state index in [0.717, 1.165) is 25.9 Å². The summed E-state index contributed by atoms with van der Waals surface area (Å²) in [5.74, 6) is 0.293. The molecule has 2 rings (SSSR count). The first-order valence-corrected chi connectivity index (χ1v) is 5.92. The highest BCUT2D eigenvalue weighted by Crippen LogP contribution is 2.28. The zero-order valence-corrected chi connectivity index (χ0v) is 9.77. The SMILES string of the molecule is Fc1cccc(Cl)c1OCC1CCNCC1. The standard InChI is InChI=1S/C12H15ClFNO/c13-10-2-1-3-11(14)12(10)16-8-9-4-6-15-7-5-9/h1-3,9,15H,4-8H2. The summed E-state index contributed by atoms with van der Waals surface area (Å²) < 4.78 is 18.9. The van der Waals surface area contributed by atoms with Crippen molar-refractivity contribution >= 4 is 11.6 Å². The molecule has 1 aromatic rings. The monoisotopic (exact) mass is 243 g/mol. The van der Waals surface area contributed by atoms with Crippen LogP contribution in [0.5, 0.6) is 5.75 Å². The number of para-hydroxylation sites is 1. The molecule has 1 aliphatic rings. The first kappa shape index (κ1) is 11.7. The number of piperidine rings is 1. The maximum atomic E-state index is 13.4. The van der Waals surface area contributed by atoms with Gasteiger partial charge in [0, 0.05) is 0 Å². The van der Waals surface area contributed by atoms with Gasteiger partial charge in [-0.2, -0.15) is 0 Å². The highest BCUT2D eigenvalue weighted by Gasteiger charge is 2.15. The van der Waals surface area contributed by atoms with Crippen LogP contribution in [0, 0.1) is 11.7 Å². The third-order valence-electron chi connectivity index (χ3n) is 2.84. The van der Waals surface area contributed by atoms with E-state index in [9.17, 15) is 4.39 Å². The molecule has 1 aromatic carbocycles. The molecule has 0 atom stereocenters. The molecular weight excluding hydrogens is 229 g/mol. The molecule has 88 valence electrons. The quantitative estimate of drug-likeness (QED) is 0.882. The van der Waals surface area contributed by atoms with Crippen LogP contribution >= 0.6 is 11.6 Å². The average Bonchev–Trinajstić information content (AvgIpc) is 2.30. The molecule has 0 unspecified atom stereocenters. The van der Waals surface area contributed by atoms with Gasteiger partial charge in [-0.25, -0.2) is 4.39 Å². The first-order valence-electron chi connectivity index (χ1n) is 5.55. The van der Waals surface area contributed by atoms with Crippen LogP contribution < -0.4 is 10.1 Å². The van der Waals surface area contributed by atoms with Crippen LogP contribution in [0.1, 0.15) is 12.8 Å². The van der Waals surface area contributed by atoms with Gasteiger partial charge in [0.1, 0.15) is 0 Å². The fourth-order valence-corrected chi connectivity index (χ4v) is 2.09. The first-order chi connectivity index (χ1) is 7.77. The molecule has 1 aliphatic heterocycles. The van der Waals surface area contributed by atoms with Crippen LogP contribution in [0.3, 0.4) is 0 Å². The third kappa shape index (κ3) is 2.86. The number of ether oxygens (including phenoxy) is 1. The van der Waals surface area contributed by atoms with Gasteiger partial charge in [-0.3, -0.25) is 0 Å². The second-order valence-electron chi connectivity index (χ2n) is 4.06. The molecule has 1 N–H and O–H groups in total. The van der Waals surface area contributed by atoms with Crippen molar-refractivity contribution in [2.45, 2.75) is 12.8 Å². The lowest BCUT2D eigenvalue weighted by Gasteiger charge is -2.22. The van der Waals surface area contributed by atoms with Gasteiger partial charge in [-0.15, -0.1) is 0 Å². The van der Waals surface area contributed by atoms with Crippen LogP contribution in [-0.2, 0) is 0 Å². The minimum Gasteiger partial charge on any atom is -0.489 e. The van der Waals surface area contributed by atoms with Crippen molar-refractivity contribution in [3.05, 3.63) is 29.0 Å². The number of benzene rings is 1. The van der Waals surface area contributed by atoms with Gasteiger partial charge >= 0.3 is 0 Å². The van der Waals surface area contributed by atoms with E-state index in [1.54, 1.807) is 12.1 Å². The van der Waals surface area contributed by atoms with Crippen LogP contribution in [0.4, 0.5) is 4.39 Å². The highest BCUT2D eigenvalue weighted by atomic mass is 35.5. The molecule has 4 heteroatoms. The lowest BCUT2D eigenvalue weighted by molar-refractivity contribution is 0.208. The Bertz CT molecular complexity index is 333. The normalized spacial score (nSPS) is 17.4. The van der Waals surface area contributed by atoms with Crippen molar-refractivity contribution in [2.24, 2.45) is 5.92 Å². The predicted octanol–water partition coefficient (Wildman–Crippen LogP) is 2.86. The molecule has 16 heavy (non-hydrogen) atoms. The van der Waals surface area contributed by atoms with Crippen molar-refractivity contribution in [1.82, 2.24) is 5.32 Å². The molecule has 1 fully saturated rings. The van der Waals surface area contributed by atoms with Gasteiger partial charge in [0.15, 0.2) is 11.6 Å². The smallest absolute Gasteiger partial charge is 0.173 e. The minimum absolute atomic E-state index is 0.183. The summed E-state index contributed by atoms with van der Waals surface area (Å²) in [6, 6.07) is 4.58. The highest BCUT2D eigenvalue weighted by molar-refractivity contribution is 6.32. The Hall–Kier alpha value is -0.800. The summed E-state index contributed by atoms with van der Waals surface area (Å²) in [7, 11) is 0. The molecule has 1 saturated heterocycles. The van der Waals surface area contributed by atoms with Crippen LogP contribution in [-0.4, -0.2) is 19.7 Å². The Morgan fingerprint density at radius 2 is 2.12 bits per heavy atom. The summed E-state index contributed by atoms with van der Waals surface area (Å²) in [5.41, 5.74) is 0. The zero-order chi connectivity index (χ0) is 11.4. The lowest BCUT2D eigenvalue weighted by Crippen LogP contribution is -2.30. The van der Waals surface area contributed by atoms with Gasteiger partial charge in [0.05, 0.1) is 11.6 Å². The second-order valence-corrected chi connectivity index (χ2v) is 4.46. The van der Waals surface area contributed by atoms with Gasteiger partial charge < -0.3 is 10.1 Å². The largest absolute Gasteiger partial charge is 0.489 e. The van der Waals surface area contributed by atoms with E-state index in [1.165, 1.54) is 6.07 Å². The third-order valence-corrected chi connectivity index (χ3v) is 3.14. The molecule has 2 nitrogen and oxygen atoms in total. The molecule has 0 amide bonds. The molecule has 0 aromatic heterocycles. The number of hydrogen-bond acceptors (Lipinski definition) is 2. The van der Waals surface area contributed by atoms with Crippen molar-refractivity contribution in [2.75, 3.05) is 19.7 Å². The number of halogens is 2. The van der Waals surface area contributed by atoms with E-state index in [4.69, 9.17) is 16.3 Å². The van der Waals surface area contributed by atoms with E-state index in [2.05, 4.69) is 5.32 Å². The lowest BCUT2D eigenvalue weighted by atomic mass is 9.99. The Kier molecular flexibility index (Phi) is 4.02. The van der Waals surface area contributed by atoms with Crippen LogP contribution in [0.25, 0.3) is 0 Å². The Morgan fingerprint density at radius 3 is 2.81 bits per heavy atom. The molecule has 0 radical (unpaired) electrons. The van der Waals surface area contributed by atoms with Gasteiger partial charge in [0.2, 0.25) is 0 Å². The fourth-order valence-electron chi connectivity index (χ4n) is 1.87. The Labute approximate surface area is 99.7 Å². The van der Waals surface area contributed by atoms with E-state index in [1.807, 2.05) is 0 Å². The van der Waals surface area contributed by atoms with Crippen molar-refractivity contribution in [3.63, 3.8) is 0 Å². The summed E-state index contributed by atoms with van der Waals surface area (Å²) in [6.07, 6.45) is 2.15. The molecule has 0 aliphatic carbocycles. The van der Waals surface area contributed by atoms with E-state index in [0.29, 0.717) is 17.5 Å². The van der Waals surface area contributed by atoms with Gasteiger partial charge in [-0.1, -0.05) is 17.7 Å². The predicted molar refractivity (Wildman–Crippen MR) is 62.5 cm³/mol. The van der Waals surface area contributed by atoms with Gasteiger partial charge in [0.25, 0.3) is 0 Å². The average molecular weight is 244 g/mol. The fraction of sp³-hybridized carbons (Fsp3) is 0.500. The second kappa shape index (κ2) is 5.51. The molecule has 0 spiro atoms. The minimum atomic E-state index is -0.388. The van der Waals surface area contributed by atoms with E-state index < -0.39 is 0 Å². The summed E-state index contributed by atoms with van der Waals surface area (Å²) in [6.45, 7) is 2.57. The van der Waals surface area contributed by atoms with Crippen molar-refractivity contribution in [3.8, 4) is 5.75 Å². The summed E-state index contributed by atoms with van der Waals surface area (Å²) in [4.78, 5) is 0. The maximum absolute atomic E-state index is 13.4. The maximum Gasteiger partial charge on any atom is 0.173 e.